The number of hydrogen-bond acceptors (Lipinski definition) is 5. The van der Waals surface area contributed by atoms with Gasteiger partial charge < -0.3 is 18.9 Å². The van der Waals surface area contributed by atoms with Crippen molar-refractivity contribution in [2.75, 3.05) is 6.61 Å². The van der Waals surface area contributed by atoms with Crippen LogP contribution in [0.3, 0.4) is 0 Å². The van der Waals surface area contributed by atoms with E-state index < -0.39 is 30.6 Å². The second-order valence-electron chi connectivity index (χ2n) is 6.36. The minimum atomic E-state index is -1.58. The van der Waals surface area contributed by atoms with E-state index in [0.29, 0.717) is 6.61 Å². The Morgan fingerprint density at radius 3 is 2.19 bits per heavy atom. The molecule has 1 heterocycles. The van der Waals surface area contributed by atoms with E-state index in [-0.39, 0.29) is 13.2 Å². The Labute approximate surface area is 158 Å². The summed E-state index contributed by atoms with van der Waals surface area (Å²) in [4.78, 5) is 11.2. The molecule has 0 saturated carbocycles. The van der Waals surface area contributed by atoms with Crippen LogP contribution in [0, 0.1) is 0 Å². The van der Waals surface area contributed by atoms with Gasteiger partial charge in [-0.05, 0) is 11.1 Å². The predicted octanol–water partition coefficient (Wildman–Crippen LogP) is 3.41. The van der Waals surface area contributed by atoms with Gasteiger partial charge in [-0.25, -0.2) is 4.39 Å². The van der Waals surface area contributed by atoms with Crippen molar-refractivity contribution in [1.29, 1.82) is 0 Å². The molecule has 144 valence electrons. The first-order valence-corrected chi connectivity index (χ1v) is 8.87. The minimum absolute atomic E-state index is 0.131. The molecule has 1 saturated heterocycles. The van der Waals surface area contributed by atoms with Crippen molar-refractivity contribution >= 4 is 5.97 Å². The normalized spacial score (nSPS) is 24.7. The van der Waals surface area contributed by atoms with Crippen LogP contribution >= 0.6 is 0 Å². The molecule has 1 fully saturated rings. The molecule has 0 aromatic heterocycles. The van der Waals surface area contributed by atoms with Gasteiger partial charge in [0.2, 0.25) is 6.29 Å². The van der Waals surface area contributed by atoms with Gasteiger partial charge in [0.05, 0.1) is 19.8 Å². The van der Waals surface area contributed by atoms with E-state index in [1.807, 2.05) is 60.7 Å². The molecule has 0 spiro atoms. The highest BCUT2D eigenvalue weighted by Crippen LogP contribution is 2.29. The predicted molar refractivity (Wildman–Crippen MR) is 96.4 cm³/mol. The Morgan fingerprint density at radius 1 is 1.00 bits per heavy atom. The third-order valence-electron chi connectivity index (χ3n) is 4.21. The monoisotopic (exact) mass is 374 g/mol. The lowest BCUT2D eigenvalue weighted by molar-refractivity contribution is -0.183. The molecular formula is C21H23FO5. The van der Waals surface area contributed by atoms with Crippen LogP contribution in [0.25, 0.3) is 0 Å². The van der Waals surface area contributed by atoms with Gasteiger partial charge in [0.15, 0.2) is 6.17 Å². The van der Waals surface area contributed by atoms with E-state index in [4.69, 9.17) is 18.9 Å². The van der Waals surface area contributed by atoms with Gasteiger partial charge in [-0.2, -0.15) is 0 Å². The van der Waals surface area contributed by atoms with Gasteiger partial charge >= 0.3 is 5.97 Å². The van der Waals surface area contributed by atoms with Crippen LogP contribution in [0.5, 0.6) is 0 Å². The topological polar surface area (TPSA) is 54.0 Å². The SMILES string of the molecule is CC(=O)O[C@@H]1O[C@H](COCc2ccccc2)[C@H](OCc2ccccc2)[C@@H]1F. The molecule has 0 unspecified atom stereocenters. The first-order valence-electron chi connectivity index (χ1n) is 8.87. The lowest BCUT2D eigenvalue weighted by Crippen LogP contribution is -2.35. The van der Waals surface area contributed by atoms with E-state index in [9.17, 15) is 9.18 Å². The van der Waals surface area contributed by atoms with Crippen molar-refractivity contribution < 1.29 is 28.1 Å². The number of carbonyl (C=O) groups excluding carboxylic acids is 1. The van der Waals surface area contributed by atoms with Gasteiger partial charge in [-0.3, -0.25) is 4.79 Å². The number of rotatable bonds is 8. The molecule has 27 heavy (non-hydrogen) atoms. The van der Waals surface area contributed by atoms with Crippen molar-refractivity contribution in [3.8, 4) is 0 Å². The van der Waals surface area contributed by atoms with Gasteiger partial charge in [0.25, 0.3) is 0 Å². The molecule has 2 aromatic rings. The highest BCUT2D eigenvalue weighted by atomic mass is 19.1. The van der Waals surface area contributed by atoms with E-state index in [1.165, 1.54) is 6.92 Å². The lowest BCUT2D eigenvalue weighted by Gasteiger charge is -2.19. The smallest absolute Gasteiger partial charge is 0.305 e. The molecule has 4 atom stereocenters. The van der Waals surface area contributed by atoms with E-state index in [2.05, 4.69) is 0 Å². The second kappa shape index (κ2) is 9.60. The van der Waals surface area contributed by atoms with Crippen LogP contribution in [0.15, 0.2) is 60.7 Å². The molecule has 5 nitrogen and oxygen atoms in total. The molecule has 1 aliphatic rings. The first kappa shape index (κ1) is 19.5. The average molecular weight is 374 g/mol. The summed E-state index contributed by atoms with van der Waals surface area (Å²) in [5, 5.41) is 0. The number of hydrogen-bond donors (Lipinski definition) is 0. The van der Waals surface area contributed by atoms with Crippen LogP contribution < -0.4 is 0 Å². The van der Waals surface area contributed by atoms with Crippen molar-refractivity contribution in [1.82, 2.24) is 0 Å². The largest absolute Gasteiger partial charge is 0.433 e. The third-order valence-corrected chi connectivity index (χ3v) is 4.21. The summed E-state index contributed by atoms with van der Waals surface area (Å²) in [6.45, 7) is 1.96. The maximum absolute atomic E-state index is 14.7. The fourth-order valence-corrected chi connectivity index (χ4v) is 2.91. The Morgan fingerprint density at radius 2 is 1.59 bits per heavy atom. The van der Waals surface area contributed by atoms with Crippen LogP contribution in [0.1, 0.15) is 18.1 Å². The summed E-state index contributed by atoms with van der Waals surface area (Å²) < 4.78 is 36.7. The first-order chi connectivity index (χ1) is 13.1. The Kier molecular flexibility index (Phi) is 6.92. The number of halogens is 1. The quantitative estimate of drug-likeness (QED) is 0.663. The molecule has 6 heteroatoms. The van der Waals surface area contributed by atoms with Crippen LogP contribution in [0.4, 0.5) is 4.39 Å². The maximum Gasteiger partial charge on any atom is 0.305 e. The van der Waals surface area contributed by atoms with E-state index >= 15 is 0 Å². The maximum atomic E-state index is 14.7. The summed E-state index contributed by atoms with van der Waals surface area (Å²) >= 11 is 0. The van der Waals surface area contributed by atoms with Crippen LogP contribution in [-0.4, -0.2) is 37.2 Å². The molecule has 0 radical (unpaired) electrons. The number of esters is 1. The van der Waals surface area contributed by atoms with Crippen molar-refractivity contribution in [3.63, 3.8) is 0 Å². The van der Waals surface area contributed by atoms with Gasteiger partial charge in [0.1, 0.15) is 12.2 Å². The summed E-state index contributed by atoms with van der Waals surface area (Å²) in [6, 6.07) is 19.1. The number of alkyl halides is 1. The summed E-state index contributed by atoms with van der Waals surface area (Å²) in [5.74, 6) is -0.602. The minimum Gasteiger partial charge on any atom is -0.433 e. The zero-order chi connectivity index (χ0) is 19.1. The van der Waals surface area contributed by atoms with Crippen molar-refractivity contribution in [2.45, 2.75) is 44.8 Å². The average Bonchev–Trinajstić information content (AvgIpc) is 2.96. The zero-order valence-electron chi connectivity index (χ0n) is 15.1. The van der Waals surface area contributed by atoms with E-state index in [0.717, 1.165) is 11.1 Å². The Hall–Kier alpha value is -2.28. The van der Waals surface area contributed by atoms with E-state index in [1.54, 1.807) is 0 Å². The highest BCUT2D eigenvalue weighted by molar-refractivity contribution is 5.66. The molecule has 0 bridgehead atoms. The van der Waals surface area contributed by atoms with Crippen molar-refractivity contribution in [2.24, 2.45) is 0 Å². The number of ether oxygens (including phenoxy) is 4. The number of carbonyl (C=O) groups is 1. The zero-order valence-corrected chi connectivity index (χ0v) is 15.1. The Bertz CT molecular complexity index is 709. The van der Waals surface area contributed by atoms with Crippen LogP contribution in [0.2, 0.25) is 0 Å². The second-order valence-corrected chi connectivity index (χ2v) is 6.36. The summed E-state index contributed by atoms with van der Waals surface area (Å²) in [7, 11) is 0. The van der Waals surface area contributed by atoms with Crippen molar-refractivity contribution in [3.05, 3.63) is 71.8 Å². The standard InChI is InChI=1S/C21H23FO5/c1-15(23)26-21-19(22)20(25-13-17-10-6-3-7-11-17)18(27-21)14-24-12-16-8-4-2-5-9-16/h2-11,18-21H,12-14H2,1H3/t18-,19+,20+,21-/m1/s1. The highest BCUT2D eigenvalue weighted by Gasteiger charge is 2.48. The molecule has 1 aliphatic heterocycles. The molecule has 0 amide bonds. The van der Waals surface area contributed by atoms with Gasteiger partial charge in [0, 0.05) is 6.92 Å². The number of benzene rings is 2. The van der Waals surface area contributed by atoms with Crippen LogP contribution in [-0.2, 0) is 37.0 Å². The molecule has 0 N–H and O–H groups in total. The summed E-state index contributed by atoms with van der Waals surface area (Å²) in [6.07, 6.45) is -4.42. The fourth-order valence-electron chi connectivity index (χ4n) is 2.91. The van der Waals surface area contributed by atoms with Gasteiger partial charge in [-0.15, -0.1) is 0 Å². The van der Waals surface area contributed by atoms with Gasteiger partial charge in [-0.1, -0.05) is 60.7 Å². The fraction of sp³-hybridized carbons (Fsp3) is 0.381. The lowest BCUT2D eigenvalue weighted by atomic mass is 10.1. The molecular weight excluding hydrogens is 351 g/mol. The summed E-state index contributed by atoms with van der Waals surface area (Å²) in [5.41, 5.74) is 1.93. The third kappa shape index (κ3) is 5.60. The molecule has 3 rings (SSSR count). The molecule has 0 aliphatic carbocycles. The Balaban J connectivity index is 1.59. The molecule has 2 aromatic carbocycles.